The molecule has 2 rings (SSSR count). The van der Waals surface area contributed by atoms with E-state index in [1.807, 2.05) is 12.1 Å². The smallest absolute Gasteiger partial charge is 0.119 e. The lowest BCUT2D eigenvalue weighted by molar-refractivity contribution is 0.102. The molecule has 4 heteroatoms. The predicted octanol–water partition coefficient (Wildman–Crippen LogP) is 2.36. The summed E-state index contributed by atoms with van der Waals surface area (Å²) in [6.07, 6.45) is 1.01. The van der Waals surface area contributed by atoms with Gasteiger partial charge in [0, 0.05) is 30.8 Å². The van der Waals surface area contributed by atoms with Crippen molar-refractivity contribution in [3.05, 3.63) is 29.3 Å². The van der Waals surface area contributed by atoms with Crippen LogP contribution in [0.25, 0.3) is 0 Å². The molecule has 94 valence electrons. The highest BCUT2D eigenvalue weighted by molar-refractivity contribution is 6.30. The Morgan fingerprint density at radius 3 is 2.76 bits per heavy atom. The SMILES string of the molecule is OCC(COc1ccc(Cl)cc1)C1CCOC1. The minimum Gasteiger partial charge on any atom is -0.493 e. The molecule has 1 heterocycles. The van der Waals surface area contributed by atoms with E-state index in [4.69, 9.17) is 21.1 Å². The Bertz CT molecular complexity index is 333. The number of ether oxygens (including phenoxy) is 2. The summed E-state index contributed by atoms with van der Waals surface area (Å²) in [5.74, 6) is 1.34. The van der Waals surface area contributed by atoms with E-state index < -0.39 is 0 Å². The summed E-state index contributed by atoms with van der Waals surface area (Å²) in [5.41, 5.74) is 0. The lowest BCUT2D eigenvalue weighted by Crippen LogP contribution is -2.25. The molecule has 0 bridgehead atoms. The van der Waals surface area contributed by atoms with E-state index in [1.165, 1.54) is 0 Å². The number of halogens is 1. The molecule has 0 saturated carbocycles. The topological polar surface area (TPSA) is 38.7 Å². The van der Waals surface area contributed by atoms with Crippen molar-refractivity contribution in [3.8, 4) is 5.75 Å². The van der Waals surface area contributed by atoms with Gasteiger partial charge in [0.25, 0.3) is 0 Å². The molecular weight excluding hydrogens is 240 g/mol. The Kier molecular flexibility index (Phi) is 4.66. The van der Waals surface area contributed by atoms with Crippen LogP contribution < -0.4 is 4.74 Å². The summed E-state index contributed by atoms with van der Waals surface area (Å²) in [6.45, 7) is 2.19. The predicted molar refractivity (Wildman–Crippen MR) is 66.4 cm³/mol. The fourth-order valence-corrected chi connectivity index (χ4v) is 2.12. The summed E-state index contributed by atoms with van der Waals surface area (Å²) >= 11 is 5.79. The molecule has 3 nitrogen and oxygen atoms in total. The van der Waals surface area contributed by atoms with Crippen molar-refractivity contribution in [1.29, 1.82) is 0 Å². The van der Waals surface area contributed by atoms with Gasteiger partial charge >= 0.3 is 0 Å². The van der Waals surface area contributed by atoms with Crippen LogP contribution in [0.4, 0.5) is 0 Å². The summed E-state index contributed by atoms with van der Waals surface area (Å²) in [6, 6.07) is 7.26. The van der Waals surface area contributed by atoms with Gasteiger partial charge in [0.15, 0.2) is 0 Å². The maximum absolute atomic E-state index is 9.35. The first kappa shape index (κ1) is 12.7. The van der Waals surface area contributed by atoms with Crippen molar-refractivity contribution in [2.75, 3.05) is 26.4 Å². The number of aliphatic hydroxyl groups excluding tert-OH is 1. The summed E-state index contributed by atoms with van der Waals surface area (Å²) in [5, 5.41) is 10.0. The van der Waals surface area contributed by atoms with Gasteiger partial charge in [-0.25, -0.2) is 0 Å². The van der Waals surface area contributed by atoms with Gasteiger partial charge in [-0.05, 0) is 36.6 Å². The fourth-order valence-electron chi connectivity index (χ4n) is 2.00. The monoisotopic (exact) mass is 256 g/mol. The van der Waals surface area contributed by atoms with E-state index in [-0.39, 0.29) is 12.5 Å². The molecule has 0 aliphatic carbocycles. The second kappa shape index (κ2) is 6.24. The van der Waals surface area contributed by atoms with Crippen LogP contribution >= 0.6 is 11.6 Å². The summed E-state index contributed by atoms with van der Waals surface area (Å²) in [7, 11) is 0. The molecule has 1 aromatic rings. The molecule has 0 spiro atoms. The molecular formula is C13H17ClO3. The van der Waals surface area contributed by atoms with Crippen LogP contribution in [0.1, 0.15) is 6.42 Å². The highest BCUT2D eigenvalue weighted by Gasteiger charge is 2.25. The molecule has 17 heavy (non-hydrogen) atoms. The van der Waals surface area contributed by atoms with Crippen LogP contribution in [-0.4, -0.2) is 31.5 Å². The minimum absolute atomic E-state index is 0.140. The van der Waals surface area contributed by atoms with Gasteiger partial charge in [-0.15, -0.1) is 0 Å². The number of benzene rings is 1. The molecule has 1 fully saturated rings. The van der Waals surface area contributed by atoms with Gasteiger partial charge in [-0.1, -0.05) is 11.6 Å². The Morgan fingerprint density at radius 2 is 2.18 bits per heavy atom. The molecule has 0 aromatic heterocycles. The van der Waals surface area contributed by atoms with E-state index in [0.29, 0.717) is 17.5 Å². The zero-order valence-corrected chi connectivity index (χ0v) is 10.4. The highest BCUT2D eigenvalue weighted by Crippen LogP contribution is 2.23. The van der Waals surface area contributed by atoms with E-state index in [9.17, 15) is 5.11 Å². The maximum atomic E-state index is 9.35. The van der Waals surface area contributed by atoms with E-state index in [2.05, 4.69) is 0 Å². The van der Waals surface area contributed by atoms with E-state index in [0.717, 1.165) is 25.4 Å². The van der Waals surface area contributed by atoms with Gasteiger partial charge in [-0.3, -0.25) is 0 Å². The Labute approximate surface area is 106 Å². The molecule has 1 saturated heterocycles. The Hall–Kier alpha value is -0.770. The number of rotatable bonds is 5. The second-order valence-electron chi connectivity index (χ2n) is 4.33. The second-order valence-corrected chi connectivity index (χ2v) is 4.77. The third-order valence-corrected chi connectivity index (χ3v) is 3.40. The number of hydrogen-bond acceptors (Lipinski definition) is 3. The number of hydrogen-bond donors (Lipinski definition) is 1. The first-order valence-electron chi connectivity index (χ1n) is 5.86. The molecule has 1 aliphatic rings. The van der Waals surface area contributed by atoms with Gasteiger partial charge in [0.1, 0.15) is 5.75 Å². The number of aliphatic hydroxyl groups is 1. The largest absolute Gasteiger partial charge is 0.493 e. The zero-order chi connectivity index (χ0) is 12.1. The summed E-state index contributed by atoms with van der Waals surface area (Å²) < 4.78 is 11.0. The maximum Gasteiger partial charge on any atom is 0.119 e. The van der Waals surface area contributed by atoms with Gasteiger partial charge in [0.05, 0.1) is 6.61 Å². The third-order valence-electron chi connectivity index (χ3n) is 3.14. The van der Waals surface area contributed by atoms with Crippen LogP contribution in [0.15, 0.2) is 24.3 Å². The minimum atomic E-state index is 0.140. The van der Waals surface area contributed by atoms with Crippen LogP contribution in [0.5, 0.6) is 5.75 Å². The standard InChI is InChI=1S/C13H17ClO3/c14-12-1-3-13(4-2-12)17-9-11(7-15)10-5-6-16-8-10/h1-4,10-11,15H,5-9H2. The summed E-state index contributed by atoms with van der Waals surface area (Å²) in [4.78, 5) is 0. The van der Waals surface area contributed by atoms with Crippen molar-refractivity contribution in [2.45, 2.75) is 6.42 Å². The Morgan fingerprint density at radius 1 is 1.41 bits per heavy atom. The molecule has 1 aliphatic heterocycles. The van der Waals surface area contributed by atoms with Crippen molar-refractivity contribution in [2.24, 2.45) is 11.8 Å². The van der Waals surface area contributed by atoms with Crippen molar-refractivity contribution in [1.82, 2.24) is 0 Å². The highest BCUT2D eigenvalue weighted by atomic mass is 35.5. The average molecular weight is 257 g/mol. The average Bonchev–Trinajstić information content (AvgIpc) is 2.86. The van der Waals surface area contributed by atoms with Gasteiger partial charge in [-0.2, -0.15) is 0 Å². The van der Waals surface area contributed by atoms with Crippen molar-refractivity contribution in [3.63, 3.8) is 0 Å². The van der Waals surface area contributed by atoms with Crippen LogP contribution in [0.3, 0.4) is 0 Å². The fraction of sp³-hybridized carbons (Fsp3) is 0.538. The van der Waals surface area contributed by atoms with Crippen LogP contribution in [0.2, 0.25) is 5.02 Å². The third kappa shape index (κ3) is 3.60. The molecule has 0 radical (unpaired) electrons. The molecule has 1 N–H and O–H groups in total. The van der Waals surface area contributed by atoms with E-state index in [1.54, 1.807) is 12.1 Å². The molecule has 1 aromatic carbocycles. The lowest BCUT2D eigenvalue weighted by Gasteiger charge is -2.20. The van der Waals surface area contributed by atoms with Crippen molar-refractivity contribution >= 4 is 11.6 Å². The van der Waals surface area contributed by atoms with Crippen LogP contribution in [0, 0.1) is 11.8 Å². The lowest BCUT2D eigenvalue weighted by atomic mass is 9.93. The first-order chi connectivity index (χ1) is 8.29. The van der Waals surface area contributed by atoms with Crippen molar-refractivity contribution < 1.29 is 14.6 Å². The molecule has 2 atom stereocenters. The quantitative estimate of drug-likeness (QED) is 0.879. The molecule has 2 unspecified atom stereocenters. The van der Waals surface area contributed by atoms with E-state index >= 15 is 0 Å². The normalized spacial score (nSPS) is 21.4. The molecule has 0 amide bonds. The first-order valence-corrected chi connectivity index (χ1v) is 6.24. The van der Waals surface area contributed by atoms with Crippen LogP contribution in [-0.2, 0) is 4.74 Å². The van der Waals surface area contributed by atoms with Gasteiger partial charge in [0.2, 0.25) is 0 Å². The van der Waals surface area contributed by atoms with Gasteiger partial charge < -0.3 is 14.6 Å². The Balaban J connectivity index is 1.84. The zero-order valence-electron chi connectivity index (χ0n) is 9.64.